The summed E-state index contributed by atoms with van der Waals surface area (Å²) in [5, 5.41) is 10.6. The van der Waals surface area contributed by atoms with Crippen LogP contribution in [0.15, 0.2) is 0 Å². The van der Waals surface area contributed by atoms with Crippen molar-refractivity contribution in [3.63, 3.8) is 0 Å². The number of phosphoric ester groups is 2. The van der Waals surface area contributed by atoms with E-state index in [1.807, 2.05) is 0 Å². The molecule has 90 heavy (non-hydrogen) atoms. The maximum Gasteiger partial charge on any atom is 0.472 e. The average Bonchev–Trinajstić information content (AvgIpc) is 3.36. The molecule has 17 nitrogen and oxygen atoms in total. The summed E-state index contributed by atoms with van der Waals surface area (Å²) in [5.74, 6) is -1.35. The van der Waals surface area contributed by atoms with E-state index in [0.717, 1.165) is 102 Å². The Morgan fingerprint density at radius 2 is 0.533 bits per heavy atom. The second-order valence-corrected chi connectivity index (χ2v) is 28.8. The molecule has 0 aliphatic rings. The van der Waals surface area contributed by atoms with Crippen molar-refractivity contribution in [2.45, 2.75) is 387 Å². The van der Waals surface area contributed by atoms with Crippen LogP contribution in [0.5, 0.6) is 0 Å². The SMILES string of the molecule is CCCCCCCCCCCCCCCCCC(=O)OC[C@H](COP(=O)(O)OC[C@@H](O)COP(=O)(O)OC[C@@H](COC(=O)CCCCCCCCCC)OC(=O)CCCCCCCCCCC(C)CC)OC(=O)CCCCCCCCCCCCCCCCC. The van der Waals surface area contributed by atoms with Gasteiger partial charge in [0.15, 0.2) is 12.2 Å². The number of rotatable bonds is 71. The highest BCUT2D eigenvalue weighted by Gasteiger charge is 2.30. The van der Waals surface area contributed by atoms with Gasteiger partial charge in [-0.25, -0.2) is 9.13 Å². The van der Waals surface area contributed by atoms with Crippen molar-refractivity contribution in [1.29, 1.82) is 0 Å². The number of unbranched alkanes of at least 4 members (excludes halogenated alkanes) is 42. The lowest BCUT2D eigenvalue weighted by atomic mass is 9.99. The summed E-state index contributed by atoms with van der Waals surface area (Å²) in [5.41, 5.74) is 0. The molecule has 0 saturated carbocycles. The molecule has 0 aromatic rings. The number of hydrogen-bond acceptors (Lipinski definition) is 15. The molecule has 6 atom stereocenters. The standard InChI is InChI=1S/C71H138O17P2/c1-6-10-13-16-19-22-24-26-28-30-32-34-40-45-50-55-69(74)82-61-67(87-70(75)56-51-46-41-35-33-31-29-27-25-23-20-17-14-11-7-2)63-86-90(79,80)84-59-65(72)58-83-89(77,78)85-62-66(60-81-68(73)54-49-44-39-21-18-15-12-8-3)88-71(76)57-52-47-42-37-36-38-43-48-53-64(5)9-4/h64-67,72H,6-63H2,1-5H3,(H,77,78)(H,79,80)/t64?,65-,66+,67+/m0/s1. The van der Waals surface area contributed by atoms with Crippen LogP contribution >= 0.6 is 15.6 Å². The summed E-state index contributed by atoms with van der Waals surface area (Å²) < 4.78 is 68.3. The zero-order chi connectivity index (χ0) is 66.3. The molecule has 3 unspecified atom stereocenters. The third-order valence-corrected chi connectivity index (χ3v) is 18.8. The second-order valence-electron chi connectivity index (χ2n) is 25.9. The van der Waals surface area contributed by atoms with E-state index in [9.17, 15) is 43.2 Å². The fraction of sp³-hybridized carbons (Fsp3) is 0.944. The Balaban J connectivity index is 5.23. The Morgan fingerprint density at radius 3 is 0.789 bits per heavy atom. The number of hydrogen-bond donors (Lipinski definition) is 3. The summed E-state index contributed by atoms with van der Waals surface area (Å²) in [7, 11) is -9.90. The zero-order valence-electron chi connectivity index (χ0n) is 58.3. The predicted octanol–water partition coefficient (Wildman–Crippen LogP) is 20.5. The van der Waals surface area contributed by atoms with Gasteiger partial charge in [-0.1, -0.05) is 317 Å². The average molecular weight is 1330 g/mol. The largest absolute Gasteiger partial charge is 0.472 e. The van der Waals surface area contributed by atoms with Gasteiger partial charge in [-0.15, -0.1) is 0 Å². The first-order valence-corrected chi connectivity index (χ1v) is 40.2. The third kappa shape index (κ3) is 63.5. The van der Waals surface area contributed by atoms with Crippen LogP contribution in [0, 0.1) is 5.92 Å². The Bertz CT molecular complexity index is 1740. The van der Waals surface area contributed by atoms with Crippen molar-refractivity contribution in [3.05, 3.63) is 0 Å². The van der Waals surface area contributed by atoms with Crippen LogP contribution in [0.1, 0.15) is 369 Å². The Kier molecular flexibility index (Phi) is 63.0. The first kappa shape index (κ1) is 88.1. The van der Waals surface area contributed by atoms with Crippen LogP contribution in [0.4, 0.5) is 0 Å². The topological polar surface area (TPSA) is 237 Å². The number of aliphatic hydroxyl groups is 1. The Hall–Kier alpha value is -1.94. The lowest BCUT2D eigenvalue weighted by molar-refractivity contribution is -0.161. The van der Waals surface area contributed by atoms with E-state index in [4.69, 9.17) is 37.0 Å². The quantitative estimate of drug-likeness (QED) is 0.0222. The van der Waals surface area contributed by atoms with Gasteiger partial charge in [0.1, 0.15) is 19.3 Å². The fourth-order valence-electron chi connectivity index (χ4n) is 10.8. The van der Waals surface area contributed by atoms with Crippen molar-refractivity contribution in [1.82, 2.24) is 0 Å². The number of ether oxygens (including phenoxy) is 4. The van der Waals surface area contributed by atoms with Crippen LogP contribution in [-0.2, 0) is 65.4 Å². The molecule has 0 spiro atoms. The van der Waals surface area contributed by atoms with Crippen molar-refractivity contribution in [2.75, 3.05) is 39.6 Å². The minimum absolute atomic E-state index is 0.105. The van der Waals surface area contributed by atoms with Gasteiger partial charge in [-0.05, 0) is 31.6 Å². The van der Waals surface area contributed by atoms with E-state index < -0.39 is 97.5 Å². The van der Waals surface area contributed by atoms with Crippen LogP contribution in [0.3, 0.4) is 0 Å². The van der Waals surface area contributed by atoms with E-state index in [1.165, 1.54) is 186 Å². The monoisotopic (exact) mass is 1320 g/mol. The molecule has 0 aromatic carbocycles. The molecule has 0 aliphatic heterocycles. The normalized spacial score (nSPS) is 14.4. The Morgan fingerprint density at radius 1 is 0.311 bits per heavy atom. The molecule has 0 rings (SSSR count). The number of aliphatic hydroxyl groups excluding tert-OH is 1. The molecule has 3 N–H and O–H groups in total. The van der Waals surface area contributed by atoms with Gasteiger partial charge in [0.05, 0.1) is 26.4 Å². The van der Waals surface area contributed by atoms with E-state index in [1.54, 1.807) is 0 Å². The van der Waals surface area contributed by atoms with E-state index in [0.29, 0.717) is 25.7 Å². The van der Waals surface area contributed by atoms with Crippen molar-refractivity contribution < 1.29 is 80.2 Å². The number of esters is 4. The van der Waals surface area contributed by atoms with E-state index in [2.05, 4.69) is 34.6 Å². The van der Waals surface area contributed by atoms with Crippen LogP contribution < -0.4 is 0 Å². The fourth-order valence-corrected chi connectivity index (χ4v) is 12.4. The highest BCUT2D eigenvalue weighted by atomic mass is 31.2. The maximum absolute atomic E-state index is 13.0. The van der Waals surface area contributed by atoms with Gasteiger partial charge in [0, 0.05) is 25.7 Å². The molecule has 0 aromatic heterocycles. The molecule has 0 bridgehead atoms. The first-order valence-electron chi connectivity index (χ1n) is 37.2. The molecule has 534 valence electrons. The van der Waals surface area contributed by atoms with Gasteiger partial charge < -0.3 is 33.8 Å². The van der Waals surface area contributed by atoms with Crippen molar-refractivity contribution in [3.8, 4) is 0 Å². The van der Waals surface area contributed by atoms with Crippen LogP contribution in [0.2, 0.25) is 0 Å². The van der Waals surface area contributed by atoms with Gasteiger partial charge in [-0.2, -0.15) is 0 Å². The molecule has 0 heterocycles. The van der Waals surface area contributed by atoms with Crippen molar-refractivity contribution in [2.24, 2.45) is 5.92 Å². The number of phosphoric acid groups is 2. The van der Waals surface area contributed by atoms with Gasteiger partial charge in [0.2, 0.25) is 0 Å². The summed E-state index contributed by atoms with van der Waals surface area (Å²) in [6.45, 7) is 7.23. The van der Waals surface area contributed by atoms with E-state index in [-0.39, 0.29) is 25.7 Å². The molecular weight excluding hydrogens is 1190 g/mol. The molecule has 19 heteroatoms. The zero-order valence-corrected chi connectivity index (χ0v) is 60.1. The number of carbonyl (C=O) groups excluding carboxylic acids is 4. The minimum Gasteiger partial charge on any atom is -0.462 e. The maximum atomic E-state index is 13.0. The molecule has 0 aliphatic carbocycles. The third-order valence-electron chi connectivity index (χ3n) is 16.9. The Labute approximate surface area is 549 Å². The predicted molar refractivity (Wildman–Crippen MR) is 363 cm³/mol. The summed E-state index contributed by atoms with van der Waals surface area (Å²) in [6, 6.07) is 0. The first-order chi connectivity index (χ1) is 43.6. The lowest BCUT2D eigenvalue weighted by Crippen LogP contribution is -2.30. The molecule has 0 amide bonds. The summed E-state index contributed by atoms with van der Waals surface area (Å²) >= 11 is 0. The molecule has 0 fully saturated rings. The number of carbonyl (C=O) groups is 4. The highest BCUT2D eigenvalue weighted by molar-refractivity contribution is 7.47. The molecule has 0 saturated heterocycles. The minimum atomic E-state index is -4.95. The molecule has 0 radical (unpaired) electrons. The van der Waals surface area contributed by atoms with Gasteiger partial charge >= 0.3 is 39.5 Å². The summed E-state index contributed by atoms with van der Waals surface area (Å²) in [6.07, 6.45) is 51.2. The van der Waals surface area contributed by atoms with E-state index >= 15 is 0 Å². The van der Waals surface area contributed by atoms with Crippen LogP contribution in [-0.4, -0.2) is 96.7 Å². The van der Waals surface area contributed by atoms with Crippen molar-refractivity contribution >= 4 is 39.5 Å². The van der Waals surface area contributed by atoms with Crippen LogP contribution in [0.25, 0.3) is 0 Å². The lowest BCUT2D eigenvalue weighted by Gasteiger charge is -2.21. The summed E-state index contributed by atoms with van der Waals surface area (Å²) in [4.78, 5) is 72.5. The highest BCUT2D eigenvalue weighted by Crippen LogP contribution is 2.45. The molecular formula is C71H138O17P2. The van der Waals surface area contributed by atoms with Gasteiger partial charge in [-0.3, -0.25) is 37.3 Å². The second kappa shape index (κ2) is 64.4. The van der Waals surface area contributed by atoms with Gasteiger partial charge in [0.25, 0.3) is 0 Å². The smallest absolute Gasteiger partial charge is 0.462 e.